The van der Waals surface area contributed by atoms with Gasteiger partial charge in [-0.25, -0.2) is 4.79 Å². The van der Waals surface area contributed by atoms with Gasteiger partial charge in [0.2, 0.25) is 0 Å². The molecule has 0 saturated carbocycles. The van der Waals surface area contributed by atoms with Crippen LogP contribution in [-0.2, 0) is 4.79 Å². The van der Waals surface area contributed by atoms with E-state index in [-0.39, 0.29) is 7.43 Å². The molecule has 142 valence electrons. The van der Waals surface area contributed by atoms with Gasteiger partial charge in [-0.2, -0.15) is 13.2 Å². The van der Waals surface area contributed by atoms with Crippen molar-refractivity contribution in [1.82, 2.24) is 10.7 Å². The highest BCUT2D eigenvalue weighted by molar-refractivity contribution is 5.97. The molecular formula is C18H22F3N3O2. The molecule has 0 aliphatic rings. The van der Waals surface area contributed by atoms with Gasteiger partial charge in [-0.1, -0.05) is 61.0 Å². The average molecular weight is 369 g/mol. The van der Waals surface area contributed by atoms with E-state index in [9.17, 15) is 22.8 Å². The third-order valence-corrected chi connectivity index (χ3v) is 2.80. The highest BCUT2D eigenvalue weighted by atomic mass is 19.4. The molecule has 2 aromatic carbocycles. The Bertz CT molecular complexity index is 666. The van der Waals surface area contributed by atoms with Crippen LogP contribution in [0.15, 0.2) is 54.6 Å². The van der Waals surface area contributed by atoms with Gasteiger partial charge in [-0.3, -0.25) is 21.0 Å². The number of hydrogen-bond donors (Lipinski definition) is 3. The average Bonchev–Trinajstić information content (AvgIpc) is 2.56. The maximum atomic E-state index is 11.8. The Morgan fingerprint density at radius 3 is 1.73 bits per heavy atom. The lowest BCUT2D eigenvalue weighted by Gasteiger charge is -2.10. The summed E-state index contributed by atoms with van der Waals surface area (Å²) in [6, 6.07) is 15.4. The molecule has 0 fully saturated rings. The Kier molecular flexibility index (Phi) is 9.50. The molecule has 0 spiro atoms. The Balaban J connectivity index is 0.000000583. The normalized spacial score (nSPS) is 9.73. The van der Waals surface area contributed by atoms with Gasteiger partial charge in [0.05, 0.1) is 5.69 Å². The van der Waals surface area contributed by atoms with Crippen molar-refractivity contribution in [2.75, 3.05) is 5.43 Å². The molecular weight excluding hydrogens is 347 g/mol. The zero-order valence-corrected chi connectivity index (χ0v) is 13.6. The van der Waals surface area contributed by atoms with E-state index < -0.39 is 18.1 Å². The van der Waals surface area contributed by atoms with Gasteiger partial charge in [0.1, 0.15) is 0 Å². The van der Waals surface area contributed by atoms with Crippen molar-refractivity contribution in [3.63, 3.8) is 0 Å². The third kappa shape index (κ3) is 9.31. The molecule has 2 aromatic rings. The van der Waals surface area contributed by atoms with Gasteiger partial charge >= 0.3 is 18.1 Å². The van der Waals surface area contributed by atoms with Crippen LogP contribution in [0, 0.1) is 13.8 Å². The monoisotopic (exact) mass is 369 g/mol. The van der Waals surface area contributed by atoms with E-state index in [1.807, 2.05) is 5.43 Å². The van der Waals surface area contributed by atoms with Crippen LogP contribution in [-0.4, -0.2) is 18.1 Å². The topological polar surface area (TPSA) is 70.2 Å². The Morgan fingerprint density at radius 1 is 0.846 bits per heavy atom. The maximum Gasteiger partial charge on any atom is 0.471 e. The summed E-state index contributed by atoms with van der Waals surface area (Å²) in [5.74, 6) is -2.33. The summed E-state index contributed by atoms with van der Waals surface area (Å²) in [5.41, 5.74) is 7.32. The molecule has 0 radical (unpaired) electrons. The molecule has 0 unspecified atom stereocenters. The number of carbonyl (C=O) groups excluding carboxylic acids is 2. The van der Waals surface area contributed by atoms with E-state index in [0.29, 0.717) is 5.69 Å². The molecule has 8 heteroatoms. The fourth-order valence-electron chi connectivity index (χ4n) is 1.49. The number of para-hydroxylation sites is 1. The van der Waals surface area contributed by atoms with Gasteiger partial charge in [0.25, 0.3) is 0 Å². The zero-order valence-electron chi connectivity index (χ0n) is 13.6. The lowest BCUT2D eigenvalue weighted by molar-refractivity contribution is -0.172. The summed E-state index contributed by atoms with van der Waals surface area (Å²) in [4.78, 5) is 21.2. The second kappa shape index (κ2) is 10.8. The van der Waals surface area contributed by atoms with Crippen LogP contribution < -0.4 is 16.2 Å². The summed E-state index contributed by atoms with van der Waals surface area (Å²) >= 11 is 0. The van der Waals surface area contributed by atoms with Gasteiger partial charge in [-0.05, 0) is 26.0 Å². The molecule has 3 N–H and O–H groups in total. The second-order valence-electron chi connectivity index (χ2n) is 5.05. The molecule has 0 aliphatic heterocycles. The number of hydrazine groups is 1. The van der Waals surface area contributed by atoms with Crippen LogP contribution in [0.3, 0.4) is 0 Å². The Hall–Kier alpha value is -3.03. The molecule has 0 aliphatic carbocycles. The first kappa shape index (κ1) is 23.0. The molecule has 0 bridgehead atoms. The molecule has 2 rings (SSSR count). The lowest BCUT2D eigenvalue weighted by Crippen LogP contribution is -2.47. The molecule has 5 nitrogen and oxygen atoms in total. The van der Waals surface area contributed by atoms with Gasteiger partial charge in [0.15, 0.2) is 0 Å². The van der Waals surface area contributed by atoms with Crippen LogP contribution in [0.4, 0.5) is 23.7 Å². The van der Waals surface area contributed by atoms with E-state index in [2.05, 4.69) is 43.5 Å². The number of imide groups is 1. The molecule has 0 saturated heterocycles. The van der Waals surface area contributed by atoms with Crippen LogP contribution in [0.2, 0.25) is 0 Å². The fourth-order valence-corrected chi connectivity index (χ4v) is 1.49. The third-order valence-electron chi connectivity index (χ3n) is 2.80. The smallest absolute Gasteiger partial charge is 0.297 e. The summed E-state index contributed by atoms with van der Waals surface area (Å²) in [5, 5.41) is 1.11. The van der Waals surface area contributed by atoms with Crippen LogP contribution in [0.25, 0.3) is 0 Å². The number of rotatable bonds is 2. The number of aryl methyl sites for hydroxylation is 2. The quantitative estimate of drug-likeness (QED) is 0.690. The number of hydrogen-bond acceptors (Lipinski definition) is 3. The zero-order chi connectivity index (χ0) is 18.9. The van der Waals surface area contributed by atoms with Crippen LogP contribution in [0.5, 0.6) is 0 Å². The van der Waals surface area contributed by atoms with E-state index in [1.54, 1.807) is 30.3 Å². The molecule has 26 heavy (non-hydrogen) atoms. The minimum atomic E-state index is -5.09. The summed E-state index contributed by atoms with van der Waals surface area (Å²) in [7, 11) is 0. The number of amides is 3. The van der Waals surface area contributed by atoms with Crippen LogP contribution >= 0.6 is 0 Å². The van der Waals surface area contributed by atoms with Gasteiger partial charge in [0, 0.05) is 0 Å². The Labute approximate surface area is 150 Å². The summed E-state index contributed by atoms with van der Waals surface area (Å²) in [6.45, 7) is 4.19. The highest BCUT2D eigenvalue weighted by Gasteiger charge is 2.39. The minimum Gasteiger partial charge on any atom is -0.297 e. The first-order valence-electron chi connectivity index (χ1n) is 7.21. The number of alkyl halides is 3. The highest BCUT2D eigenvalue weighted by Crippen LogP contribution is 2.13. The van der Waals surface area contributed by atoms with Crippen molar-refractivity contribution >= 4 is 17.6 Å². The predicted molar refractivity (Wildman–Crippen MR) is 95.4 cm³/mol. The van der Waals surface area contributed by atoms with Crippen molar-refractivity contribution in [3.05, 3.63) is 65.7 Å². The number of carbonyl (C=O) groups is 2. The largest absolute Gasteiger partial charge is 0.471 e. The minimum absolute atomic E-state index is 0. The summed E-state index contributed by atoms with van der Waals surface area (Å²) < 4.78 is 35.3. The van der Waals surface area contributed by atoms with Crippen molar-refractivity contribution < 1.29 is 22.8 Å². The molecule has 0 heterocycles. The van der Waals surface area contributed by atoms with E-state index >= 15 is 0 Å². The number of halogens is 3. The Morgan fingerprint density at radius 2 is 1.31 bits per heavy atom. The summed E-state index contributed by atoms with van der Waals surface area (Å²) in [6.07, 6.45) is -5.09. The molecule has 0 aromatic heterocycles. The maximum absolute atomic E-state index is 11.8. The second-order valence-corrected chi connectivity index (χ2v) is 5.05. The molecule has 0 atom stereocenters. The van der Waals surface area contributed by atoms with Crippen molar-refractivity contribution in [2.45, 2.75) is 27.5 Å². The van der Waals surface area contributed by atoms with E-state index in [4.69, 9.17) is 0 Å². The van der Waals surface area contributed by atoms with Crippen molar-refractivity contribution in [2.24, 2.45) is 0 Å². The van der Waals surface area contributed by atoms with Gasteiger partial charge in [-0.15, -0.1) is 0 Å². The standard InChI is InChI=1S/C9H8F3N3O2.C8H10.CH4/c10-9(11,12)7(16)13-8(17)15-14-6-4-2-1-3-5-6;1-7-3-5-8(2)6-4-7;/h1-5,14H,(H2,13,15,16,17);3-6H,1-2H3;1H4. The first-order chi connectivity index (χ1) is 11.7. The van der Waals surface area contributed by atoms with Crippen LogP contribution in [0.1, 0.15) is 18.6 Å². The van der Waals surface area contributed by atoms with Gasteiger partial charge < -0.3 is 0 Å². The predicted octanol–water partition coefficient (Wildman–Crippen LogP) is 4.34. The SMILES string of the molecule is C.Cc1ccc(C)cc1.O=C(NNc1ccccc1)NC(=O)C(F)(F)F. The number of urea groups is 1. The molecule has 3 amide bonds. The first-order valence-corrected chi connectivity index (χ1v) is 7.21. The fraction of sp³-hybridized carbons (Fsp3) is 0.222. The lowest BCUT2D eigenvalue weighted by atomic mass is 10.2. The van der Waals surface area contributed by atoms with E-state index in [0.717, 1.165) is 5.32 Å². The number of nitrogens with one attached hydrogen (secondary N) is 3. The van der Waals surface area contributed by atoms with Crippen molar-refractivity contribution in [1.29, 1.82) is 0 Å². The van der Waals surface area contributed by atoms with E-state index in [1.165, 1.54) is 11.1 Å². The number of benzene rings is 2. The number of anilines is 1. The van der Waals surface area contributed by atoms with Crippen molar-refractivity contribution in [3.8, 4) is 0 Å².